The highest BCUT2D eigenvalue weighted by Crippen LogP contribution is 2.42. The standard InChI is InChI=1S/C20H23BrN2/c1-14-12-20(2,3)23(4)19-10-5-15(11-18(14)19)13-22-17-8-6-16(21)7-9-17/h5-11,13-14H,12H2,1-4H3/t14-/m1/s1. The van der Waals surface area contributed by atoms with Crippen LogP contribution in [-0.4, -0.2) is 18.8 Å². The van der Waals surface area contributed by atoms with Crippen molar-refractivity contribution >= 4 is 33.5 Å². The summed E-state index contributed by atoms with van der Waals surface area (Å²) in [5, 5.41) is 0. The van der Waals surface area contributed by atoms with Crippen molar-refractivity contribution in [1.29, 1.82) is 0 Å². The van der Waals surface area contributed by atoms with Gasteiger partial charge in [0.1, 0.15) is 0 Å². The molecule has 0 N–H and O–H groups in total. The summed E-state index contributed by atoms with van der Waals surface area (Å²) >= 11 is 3.45. The second-order valence-electron chi connectivity index (χ2n) is 7.03. The van der Waals surface area contributed by atoms with Gasteiger partial charge in [-0.3, -0.25) is 4.99 Å². The summed E-state index contributed by atoms with van der Waals surface area (Å²) in [6.07, 6.45) is 3.12. The maximum Gasteiger partial charge on any atom is 0.0630 e. The Bertz CT molecular complexity index is 732. The maximum absolute atomic E-state index is 4.58. The first kappa shape index (κ1) is 16.3. The molecule has 0 aromatic heterocycles. The van der Waals surface area contributed by atoms with Crippen LogP contribution in [0.5, 0.6) is 0 Å². The minimum atomic E-state index is 0.208. The molecule has 0 fully saturated rings. The molecule has 0 saturated carbocycles. The third-order valence-corrected chi connectivity index (χ3v) is 5.38. The van der Waals surface area contributed by atoms with Crippen LogP contribution in [0.25, 0.3) is 0 Å². The van der Waals surface area contributed by atoms with E-state index in [0.29, 0.717) is 5.92 Å². The van der Waals surface area contributed by atoms with Gasteiger partial charge in [-0.05, 0) is 73.7 Å². The number of fused-ring (bicyclic) bond motifs is 1. The molecule has 0 bridgehead atoms. The summed E-state index contributed by atoms with van der Waals surface area (Å²) in [7, 11) is 2.19. The van der Waals surface area contributed by atoms with Gasteiger partial charge in [0.25, 0.3) is 0 Å². The number of hydrogen-bond donors (Lipinski definition) is 0. The zero-order valence-electron chi connectivity index (χ0n) is 14.2. The molecule has 0 aliphatic carbocycles. The molecule has 0 spiro atoms. The highest BCUT2D eigenvalue weighted by Gasteiger charge is 2.33. The molecule has 1 atom stereocenters. The van der Waals surface area contributed by atoms with E-state index in [0.717, 1.165) is 15.7 Å². The predicted octanol–water partition coefficient (Wildman–Crippen LogP) is 5.92. The first-order valence-corrected chi connectivity index (χ1v) is 8.83. The lowest BCUT2D eigenvalue weighted by Crippen LogP contribution is -2.45. The topological polar surface area (TPSA) is 15.6 Å². The van der Waals surface area contributed by atoms with Crippen LogP contribution >= 0.6 is 15.9 Å². The molecule has 1 aliphatic rings. The molecule has 1 heterocycles. The number of hydrogen-bond acceptors (Lipinski definition) is 2. The smallest absolute Gasteiger partial charge is 0.0630 e. The Morgan fingerprint density at radius 3 is 2.57 bits per heavy atom. The Morgan fingerprint density at radius 1 is 1.17 bits per heavy atom. The Kier molecular flexibility index (Phi) is 4.33. The van der Waals surface area contributed by atoms with E-state index in [2.05, 4.69) is 71.8 Å². The van der Waals surface area contributed by atoms with Gasteiger partial charge in [-0.15, -0.1) is 0 Å². The van der Waals surface area contributed by atoms with Crippen molar-refractivity contribution in [2.75, 3.05) is 11.9 Å². The van der Waals surface area contributed by atoms with Crippen molar-refractivity contribution in [2.45, 2.75) is 38.6 Å². The number of rotatable bonds is 2. The van der Waals surface area contributed by atoms with Gasteiger partial charge in [0.05, 0.1) is 5.69 Å². The summed E-state index contributed by atoms with van der Waals surface area (Å²) in [6, 6.07) is 14.7. The highest BCUT2D eigenvalue weighted by atomic mass is 79.9. The summed E-state index contributed by atoms with van der Waals surface area (Å²) in [5.41, 5.74) is 5.10. The van der Waals surface area contributed by atoms with Gasteiger partial charge >= 0.3 is 0 Å². The molecule has 0 unspecified atom stereocenters. The van der Waals surface area contributed by atoms with Crippen molar-refractivity contribution in [3.05, 3.63) is 58.1 Å². The van der Waals surface area contributed by atoms with Gasteiger partial charge in [-0.25, -0.2) is 0 Å². The number of nitrogens with zero attached hydrogens (tertiary/aromatic N) is 2. The first-order chi connectivity index (χ1) is 10.9. The van der Waals surface area contributed by atoms with E-state index in [9.17, 15) is 0 Å². The molecule has 2 aromatic carbocycles. The molecule has 23 heavy (non-hydrogen) atoms. The summed E-state index contributed by atoms with van der Waals surface area (Å²) in [4.78, 5) is 6.98. The minimum Gasteiger partial charge on any atom is -0.369 e. The molecular weight excluding hydrogens is 348 g/mol. The quantitative estimate of drug-likeness (QED) is 0.598. The van der Waals surface area contributed by atoms with Crippen LogP contribution in [-0.2, 0) is 0 Å². The Labute approximate surface area is 147 Å². The largest absolute Gasteiger partial charge is 0.369 e. The second kappa shape index (κ2) is 6.12. The molecular formula is C20H23BrN2. The average molecular weight is 371 g/mol. The van der Waals surface area contributed by atoms with Crippen LogP contribution in [0.4, 0.5) is 11.4 Å². The Balaban J connectivity index is 1.89. The molecule has 3 rings (SSSR count). The molecule has 1 aliphatic heterocycles. The monoisotopic (exact) mass is 370 g/mol. The van der Waals surface area contributed by atoms with Crippen LogP contribution in [0, 0.1) is 0 Å². The van der Waals surface area contributed by atoms with Crippen molar-refractivity contribution < 1.29 is 0 Å². The first-order valence-electron chi connectivity index (χ1n) is 8.04. The zero-order chi connectivity index (χ0) is 16.6. The van der Waals surface area contributed by atoms with Crippen molar-refractivity contribution in [3.63, 3.8) is 0 Å². The molecule has 0 radical (unpaired) electrons. The highest BCUT2D eigenvalue weighted by molar-refractivity contribution is 9.10. The van der Waals surface area contributed by atoms with E-state index in [-0.39, 0.29) is 5.54 Å². The van der Waals surface area contributed by atoms with Gasteiger partial charge in [-0.1, -0.05) is 28.9 Å². The minimum absolute atomic E-state index is 0.208. The van der Waals surface area contributed by atoms with Crippen molar-refractivity contribution in [1.82, 2.24) is 0 Å². The van der Waals surface area contributed by atoms with Gasteiger partial charge in [-0.2, -0.15) is 0 Å². The van der Waals surface area contributed by atoms with Crippen LogP contribution in [0.3, 0.4) is 0 Å². The van der Waals surface area contributed by atoms with Crippen molar-refractivity contribution in [2.24, 2.45) is 4.99 Å². The SMILES string of the molecule is C[C@@H]1CC(C)(C)N(C)c2ccc(C=Nc3ccc(Br)cc3)cc21. The van der Waals surface area contributed by atoms with Crippen molar-refractivity contribution in [3.8, 4) is 0 Å². The fraction of sp³-hybridized carbons (Fsp3) is 0.350. The summed E-state index contributed by atoms with van der Waals surface area (Å²) in [5.74, 6) is 0.567. The summed E-state index contributed by atoms with van der Waals surface area (Å²) in [6.45, 7) is 6.95. The van der Waals surface area contributed by atoms with Gasteiger partial charge in [0.2, 0.25) is 0 Å². The third kappa shape index (κ3) is 3.35. The number of benzene rings is 2. The molecule has 0 saturated heterocycles. The van der Waals surface area contributed by atoms with Crippen LogP contribution in [0.2, 0.25) is 0 Å². The van der Waals surface area contributed by atoms with E-state index >= 15 is 0 Å². The molecule has 0 amide bonds. The van der Waals surface area contributed by atoms with E-state index in [1.807, 2.05) is 30.5 Å². The van der Waals surface area contributed by atoms with Gasteiger partial charge in [0.15, 0.2) is 0 Å². The van der Waals surface area contributed by atoms with Crippen LogP contribution < -0.4 is 4.90 Å². The fourth-order valence-electron chi connectivity index (χ4n) is 3.35. The van der Waals surface area contributed by atoms with Gasteiger partial charge < -0.3 is 4.90 Å². The van der Waals surface area contributed by atoms with Crippen LogP contribution in [0.1, 0.15) is 44.2 Å². The third-order valence-electron chi connectivity index (χ3n) is 4.85. The Hall–Kier alpha value is -1.61. The molecule has 2 nitrogen and oxygen atoms in total. The zero-order valence-corrected chi connectivity index (χ0v) is 15.8. The van der Waals surface area contributed by atoms with E-state index in [1.54, 1.807) is 0 Å². The average Bonchev–Trinajstić information content (AvgIpc) is 2.52. The lowest BCUT2D eigenvalue weighted by molar-refractivity contribution is 0.395. The normalized spacial score (nSPS) is 19.9. The maximum atomic E-state index is 4.58. The van der Waals surface area contributed by atoms with E-state index in [1.165, 1.54) is 17.7 Å². The second-order valence-corrected chi connectivity index (χ2v) is 7.95. The van der Waals surface area contributed by atoms with E-state index < -0.39 is 0 Å². The summed E-state index contributed by atoms with van der Waals surface area (Å²) < 4.78 is 1.07. The molecule has 3 heteroatoms. The molecule has 120 valence electrons. The van der Waals surface area contributed by atoms with E-state index in [4.69, 9.17) is 0 Å². The lowest BCUT2D eigenvalue weighted by Gasteiger charge is -2.45. The lowest BCUT2D eigenvalue weighted by atomic mass is 9.80. The number of halogens is 1. The van der Waals surface area contributed by atoms with Crippen LogP contribution in [0.15, 0.2) is 51.9 Å². The van der Waals surface area contributed by atoms with Gasteiger partial charge in [0, 0.05) is 29.0 Å². The number of anilines is 1. The predicted molar refractivity (Wildman–Crippen MR) is 103 cm³/mol. The molecule has 2 aromatic rings. The Morgan fingerprint density at radius 2 is 1.87 bits per heavy atom. The fourth-order valence-corrected chi connectivity index (χ4v) is 3.62. The number of aliphatic imine (C=N–C) groups is 1.